The van der Waals surface area contributed by atoms with Gasteiger partial charge in [-0.1, -0.05) is 99.2 Å². The average Bonchev–Trinajstić information content (AvgIpc) is 2.99. The minimum absolute atomic E-state index is 0.0121. The third-order valence-corrected chi connectivity index (χ3v) is 7.78. The Morgan fingerprint density at radius 1 is 0.792 bits per heavy atom. The van der Waals surface area contributed by atoms with Gasteiger partial charge in [0.25, 0.3) is 0 Å². The van der Waals surface area contributed by atoms with Gasteiger partial charge in [0.05, 0.1) is 0 Å². The van der Waals surface area contributed by atoms with Gasteiger partial charge in [0.1, 0.15) is 29.3 Å². The predicted octanol–water partition coefficient (Wildman–Crippen LogP) is 7.12. The monoisotopic (exact) mass is 683 g/mol. The molecule has 0 aromatic heterocycles. The lowest BCUT2D eigenvalue weighted by atomic mass is 9.99. The van der Waals surface area contributed by atoms with Crippen LogP contribution in [0.3, 0.4) is 0 Å². The Hall–Kier alpha value is -3.53. The number of carbonyl (C=O) groups excluding carboxylic acids is 4. The summed E-state index contributed by atoms with van der Waals surface area (Å²) in [6.07, 6.45) is 5.30. The van der Waals surface area contributed by atoms with Crippen LogP contribution in [0.15, 0.2) is 54.6 Å². The quantitative estimate of drug-likeness (QED) is 0.0930. The van der Waals surface area contributed by atoms with Gasteiger partial charge in [-0.2, -0.15) is 12.6 Å². The molecule has 2 aromatic carbocycles. The number of unbranched alkanes of at least 4 members (excludes halogenated alkanes) is 5. The van der Waals surface area contributed by atoms with Crippen LogP contribution >= 0.6 is 12.6 Å². The summed E-state index contributed by atoms with van der Waals surface area (Å²) in [5, 5.41) is 5.61. The Kier molecular flexibility index (Phi) is 16.5. The van der Waals surface area contributed by atoms with Crippen molar-refractivity contribution < 1.29 is 28.7 Å². The number of nitrogens with one attached hydrogen (secondary N) is 2. The summed E-state index contributed by atoms with van der Waals surface area (Å²) in [5.74, 6) is -1.58. The summed E-state index contributed by atoms with van der Waals surface area (Å²) in [6.45, 7) is 14.9. The van der Waals surface area contributed by atoms with Crippen molar-refractivity contribution in [2.75, 3.05) is 12.3 Å². The molecule has 3 unspecified atom stereocenters. The molecular formula is C38H57N3O6S. The van der Waals surface area contributed by atoms with Gasteiger partial charge >= 0.3 is 12.1 Å². The fraction of sp³-hybridized carbons (Fsp3) is 0.579. The van der Waals surface area contributed by atoms with Crippen LogP contribution in [-0.2, 0) is 30.3 Å². The second-order valence-corrected chi connectivity index (χ2v) is 14.6. The number of ether oxygens (including phenoxy) is 2. The molecule has 0 aliphatic heterocycles. The van der Waals surface area contributed by atoms with Gasteiger partial charge in [0, 0.05) is 18.7 Å². The molecule has 0 radical (unpaired) electrons. The maximum Gasteiger partial charge on any atom is 0.408 e. The molecule has 48 heavy (non-hydrogen) atoms. The highest BCUT2D eigenvalue weighted by Crippen LogP contribution is 2.26. The average molecular weight is 684 g/mol. The Bertz CT molecular complexity index is 1320. The Labute approximate surface area is 293 Å². The fourth-order valence-electron chi connectivity index (χ4n) is 5.24. The van der Waals surface area contributed by atoms with Crippen LogP contribution in [0, 0.1) is 6.92 Å². The van der Waals surface area contributed by atoms with E-state index in [4.69, 9.17) is 9.47 Å². The number of thiol groups is 1. The van der Waals surface area contributed by atoms with Crippen LogP contribution in [0.4, 0.5) is 4.79 Å². The zero-order valence-electron chi connectivity index (χ0n) is 30.1. The number of esters is 1. The number of amides is 3. The van der Waals surface area contributed by atoms with Crippen molar-refractivity contribution in [2.45, 2.75) is 130 Å². The molecule has 266 valence electrons. The summed E-state index contributed by atoms with van der Waals surface area (Å²) in [6, 6.07) is 13.6. The molecule has 0 fully saturated rings. The molecular weight excluding hydrogens is 627 g/mol. The number of nitrogens with zero attached hydrogens (tertiary/aromatic N) is 1. The second kappa shape index (κ2) is 19.5. The molecule has 3 amide bonds. The molecule has 0 saturated heterocycles. The number of rotatable bonds is 17. The summed E-state index contributed by atoms with van der Waals surface area (Å²) in [4.78, 5) is 56.7. The lowest BCUT2D eigenvalue weighted by molar-refractivity contribution is -0.159. The highest BCUT2D eigenvalue weighted by molar-refractivity contribution is 7.80. The van der Waals surface area contributed by atoms with E-state index in [1.807, 2.05) is 55.5 Å². The van der Waals surface area contributed by atoms with Crippen molar-refractivity contribution in [3.05, 3.63) is 71.3 Å². The van der Waals surface area contributed by atoms with E-state index in [0.29, 0.717) is 12.0 Å². The summed E-state index contributed by atoms with van der Waals surface area (Å²) >= 11 is 4.41. The first-order chi connectivity index (χ1) is 22.5. The highest BCUT2D eigenvalue weighted by Gasteiger charge is 2.38. The fourth-order valence-corrected chi connectivity index (χ4v) is 5.49. The van der Waals surface area contributed by atoms with Gasteiger partial charge in [0.2, 0.25) is 11.8 Å². The van der Waals surface area contributed by atoms with Gasteiger partial charge in [-0.3, -0.25) is 9.59 Å². The smallest absolute Gasteiger partial charge is 0.408 e. The van der Waals surface area contributed by atoms with Gasteiger partial charge in [0.15, 0.2) is 0 Å². The molecule has 2 aromatic rings. The molecule has 10 heteroatoms. The van der Waals surface area contributed by atoms with E-state index in [9.17, 15) is 19.2 Å². The first kappa shape index (κ1) is 40.6. The van der Waals surface area contributed by atoms with E-state index in [1.54, 1.807) is 47.6 Å². The van der Waals surface area contributed by atoms with E-state index in [2.05, 4.69) is 30.2 Å². The minimum atomic E-state index is -1.10. The maximum absolute atomic E-state index is 14.5. The standard InChI is InChI=1S/C38H57N3O6S/c1-9-10-11-12-13-17-23-41(34(43)31(26-48)40-36(45)47-38(6,7)8)32(29-22-18-19-27(2)24-29)33(42)39-30(35(44)46-37(3,4)5)25-28-20-15-14-16-21-28/h14-16,18-22,24,30-32,48H,9-13,17,23,25-26H2,1-8H3,(H,39,42)(H,40,45). The summed E-state index contributed by atoms with van der Waals surface area (Å²) in [7, 11) is 0. The van der Waals surface area contributed by atoms with Crippen molar-refractivity contribution >= 4 is 36.5 Å². The van der Waals surface area contributed by atoms with Crippen LogP contribution in [0.5, 0.6) is 0 Å². The van der Waals surface area contributed by atoms with Gasteiger partial charge in [-0.15, -0.1) is 0 Å². The van der Waals surface area contributed by atoms with Gasteiger partial charge in [-0.25, -0.2) is 9.59 Å². The molecule has 0 saturated carbocycles. The third-order valence-electron chi connectivity index (χ3n) is 7.42. The van der Waals surface area contributed by atoms with E-state index in [0.717, 1.165) is 43.2 Å². The number of hydrogen-bond acceptors (Lipinski definition) is 7. The van der Waals surface area contributed by atoms with Crippen molar-refractivity contribution in [2.24, 2.45) is 0 Å². The number of hydrogen-bond donors (Lipinski definition) is 3. The van der Waals surface area contributed by atoms with E-state index < -0.39 is 53.2 Å². The molecule has 3 atom stereocenters. The van der Waals surface area contributed by atoms with Crippen LogP contribution in [-0.4, -0.2) is 64.4 Å². The molecule has 0 aliphatic rings. The molecule has 0 bridgehead atoms. The van der Waals surface area contributed by atoms with E-state index >= 15 is 0 Å². The van der Waals surface area contributed by atoms with Gasteiger partial charge < -0.3 is 25.0 Å². The molecule has 0 spiro atoms. The number of alkyl carbamates (subject to hydrolysis) is 1. The summed E-state index contributed by atoms with van der Waals surface area (Å²) < 4.78 is 11.2. The van der Waals surface area contributed by atoms with Crippen LogP contribution in [0.1, 0.15) is 110 Å². The Morgan fingerprint density at radius 2 is 1.42 bits per heavy atom. The Morgan fingerprint density at radius 3 is 2.00 bits per heavy atom. The van der Waals surface area contributed by atoms with Crippen LogP contribution < -0.4 is 10.6 Å². The Balaban J connectivity index is 2.56. The maximum atomic E-state index is 14.5. The van der Waals surface area contributed by atoms with E-state index in [-0.39, 0.29) is 18.7 Å². The molecule has 9 nitrogen and oxygen atoms in total. The molecule has 0 aliphatic carbocycles. The molecule has 2 N–H and O–H groups in total. The number of aryl methyl sites for hydroxylation is 1. The predicted molar refractivity (Wildman–Crippen MR) is 194 cm³/mol. The SMILES string of the molecule is CCCCCCCCN(C(=O)C(CS)NC(=O)OC(C)(C)C)C(C(=O)NC(Cc1ccccc1)C(=O)OC(C)(C)C)c1cccc(C)c1. The van der Waals surface area contributed by atoms with Crippen LogP contribution in [0.2, 0.25) is 0 Å². The van der Waals surface area contributed by atoms with E-state index in [1.165, 1.54) is 4.90 Å². The highest BCUT2D eigenvalue weighted by atomic mass is 32.1. The van der Waals surface area contributed by atoms with Crippen LogP contribution in [0.25, 0.3) is 0 Å². The normalized spacial score (nSPS) is 13.5. The van der Waals surface area contributed by atoms with Crippen molar-refractivity contribution in [1.82, 2.24) is 15.5 Å². The minimum Gasteiger partial charge on any atom is -0.458 e. The first-order valence-electron chi connectivity index (χ1n) is 17.1. The van der Waals surface area contributed by atoms with Gasteiger partial charge in [-0.05, 0) is 66.0 Å². The lowest BCUT2D eigenvalue weighted by Crippen LogP contribution is -2.55. The summed E-state index contributed by atoms with van der Waals surface area (Å²) in [5.41, 5.74) is 0.788. The number of benzene rings is 2. The largest absolute Gasteiger partial charge is 0.458 e. The molecule has 0 heterocycles. The van der Waals surface area contributed by atoms with Crippen molar-refractivity contribution in [3.8, 4) is 0 Å². The second-order valence-electron chi connectivity index (χ2n) is 14.3. The number of carbonyl (C=O) groups is 4. The van der Waals surface area contributed by atoms with Crippen molar-refractivity contribution in [1.29, 1.82) is 0 Å². The first-order valence-corrected chi connectivity index (χ1v) is 17.7. The van der Waals surface area contributed by atoms with Crippen molar-refractivity contribution in [3.63, 3.8) is 0 Å². The topological polar surface area (TPSA) is 114 Å². The lowest BCUT2D eigenvalue weighted by Gasteiger charge is -2.35. The zero-order chi connectivity index (χ0) is 35.9. The zero-order valence-corrected chi connectivity index (χ0v) is 31.0. The third kappa shape index (κ3) is 14.7. The molecule has 2 rings (SSSR count).